The minimum Gasteiger partial charge on any atom is -0.313 e. The van der Waals surface area contributed by atoms with E-state index in [1.165, 1.54) is 43.2 Å². The maximum atomic E-state index is 3.71. The van der Waals surface area contributed by atoms with Gasteiger partial charge in [0, 0.05) is 25.7 Å². The molecule has 19 heavy (non-hydrogen) atoms. The number of aryl methyl sites for hydroxylation is 1. The van der Waals surface area contributed by atoms with E-state index in [1.807, 2.05) is 0 Å². The van der Waals surface area contributed by atoms with E-state index in [0.717, 1.165) is 25.7 Å². The van der Waals surface area contributed by atoms with Gasteiger partial charge in [-0.25, -0.2) is 0 Å². The minimum absolute atomic E-state index is 0.779. The zero-order valence-corrected chi connectivity index (χ0v) is 12.5. The molecule has 0 spiro atoms. The third-order valence-electron chi connectivity index (χ3n) is 4.07. The third-order valence-corrected chi connectivity index (χ3v) is 4.07. The standard InChI is InChI=1S/C17H28N2/c1-15-7-6-8-16(13-15)14-19(2)12-11-18-17-9-4-3-5-10-17/h6-8,13,17-18H,3-5,9-12,14H2,1-2H3. The third kappa shape index (κ3) is 5.33. The second-order valence-corrected chi connectivity index (χ2v) is 6.02. The minimum atomic E-state index is 0.779. The van der Waals surface area contributed by atoms with E-state index in [1.54, 1.807) is 0 Å². The number of benzene rings is 1. The first kappa shape index (κ1) is 14.5. The van der Waals surface area contributed by atoms with Crippen molar-refractivity contribution in [2.24, 2.45) is 0 Å². The van der Waals surface area contributed by atoms with Gasteiger partial charge in [0.1, 0.15) is 0 Å². The molecule has 0 unspecified atom stereocenters. The lowest BCUT2D eigenvalue weighted by Crippen LogP contribution is -2.36. The van der Waals surface area contributed by atoms with Gasteiger partial charge in [0.15, 0.2) is 0 Å². The van der Waals surface area contributed by atoms with Crippen molar-refractivity contribution in [3.05, 3.63) is 35.4 Å². The van der Waals surface area contributed by atoms with Crippen LogP contribution in [0.3, 0.4) is 0 Å². The van der Waals surface area contributed by atoms with Gasteiger partial charge in [-0.1, -0.05) is 49.1 Å². The Morgan fingerprint density at radius 3 is 2.74 bits per heavy atom. The van der Waals surface area contributed by atoms with Crippen molar-refractivity contribution in [3.8, 4) is 0 Å². The molecule has 1 fully saturated rings. The maximum absolute atomic E-state index is 3.71. The summed E-state index contributed by atoms with van der Waals surface area (Å²) in [4.78, 5) is 2.41. The highest BCUT2D eigenvalue weighted by atomic mass is 15.1. The molecule has 0 aromatic heterocycles. The van der Waals surface area contributed by atoms with Crippen LogP contribution >= 0.6 is 0 Å². The highest BCUT2D eigenvalue weighted by molar-refractivity contribution is 5.21. The van der Waals surface area contributed by atoms with Gasteiger partial charge in [0.25, 0.3) is 0 Å². The van der Waals surface area contributed by atoms with Gasteiger partial charge in [-0.15, -0.1) is 0 Å². The van der Waals surface area contributed by atoms with Crippen LogP contribution in [0.25, 0.3) is 0 Å². The van der Waals surface area contributed by atoms with Crippen LogP contribution in [0, 0.1) is 6.92 Å². The zero-order valence-electron chi connectivity index (χ0n) is 12.5. The van der Waals surface area contributed by atoms with Crippen molar-refractivity contribution in [2.45, 2.75) is 51.6 Å². The quantitative estimate of drug-likeness (QED) is 0.844. The fourth-order valence-corrected chi connectivity index (χ4v) is 2.97. The van der Waals surface area contributed by atoms with Crippen molar-refractivity contribution in [1.29, 1.82) is 0 Å². The fourth-order valence-electron chi connectivity index (χ4n) is 2.97. The smallest absolute Gasteiger partial charge is 0.0231 e. The predicted molar refractivity (Wildman–Crippen MR) is 82.4 cm³/mol. The second-order valence-electron chi connectivity index (χ2n) is 6.02. The summed E-state index contributed by atoms with van der Waals surface area (Å²) in [5.74, 6) is 0. The van der Waals surface area contributed by atoms with E-state index in [0.29, 0.717) is 0 Å². The van der Waals surface area contributed by atoms with Gasteiger partial charge >= 0.3 is 0 Å². The summed E-state index contributed by atoms with van der Waals surface area (Å²) in [5, 5.41) is 3.71. The first-order valence-corrected chi connectivity index (χ1v) is 7.71. The van der Waals surface area contributed by atoms with Crippen molar-refractivity contribution >= 4 is 0 Å². The summed E-state index contributed by atoms with van der Waals surface area (Å²) < 4.78 is 0. The molecule has 0 atom stereocenters. The predicted octanol–water partition coefficient (Wildman–Crippen LogP) is 3.35. The molecule has 1 N–H and O–H groups in total. The largest absolute Gasteiger partial charge is 0.313 e. The van der Waals surface area contributed by atoms with Gasteiger partial charge in [-0.3, -0.25) is 0 Å². The van der Waals surface area contributed by atoms with Crippen molar-refractivity contribution in [1.82, 2.24) is 10.2 Å². The molecule has 1 aliphatic rings. The highest BCUT2D eigenvalue weighted by Crippen LogP contribution is 2.17. The number of rotatable bonds is 6. The van der Waals surface area contributed by atoms with E-state index in [9.17, 15) is 0 Å². The monoisotopic (exact) mass is 260 g/mol. The molecule has 2 heteroatoms. The lowest BCUT2D eigenvalue weighted by molar-refractivity contribution is 0.300. The molecule has 1 saturated carbocycles. The normalized spacial score (nSPS) is 17.0. The van der Waals surface area contributed by atoms with Crippen molar-refractivity contribution in [2.75, 3.05) is 20.1 Å². The number of hydrogen-bond acceptors (Lipinski definition) is 2. The molecular formula is C17H28N2. The van der Waals surface area contributed by atoms with Gasteiger partial charge in [0.05, 0.1) is 0 Å². The Bertz CT molecular complexity index is 369. The Morgan fingerprint density at radius 2 is 2.00 bits per heavy atom. The maximum Gasteiger partial charge on any atom is 0.0231 e. The summed E-state index contributed by atoms with van der Waals surface area (Å²) in [6.07, 6.45) is 7.02. The van der Waals surface area contributed by atoms with Gasteiger partial charge in [-0.05, 0) is 32.4 Å². The number of nitrogens with one attached hydrogen (secondary N) is 1. The average Bonchev–Trinajstić information content (AvgIpc) is 2.40. The van der Waals surface area contributed by atoms with Gasteiger partial charge < -0.3 is 10.2 Å². The fraction of sp³-hybridized carbons (Fsp3) is 0.647. The molecule has 0 aliphatic heterocycles. The molecule has 1 aromatic carbocycles. The topological polar surface area (TPSA) is 15.3 Å². The molecule has 2 nitrogen and oxygen atoms in total. The Hall–Kier alpha value is -0.860. The van der Waals surface area contributed by atoms with E-state index in [4.69, 9.17) is 0 Å². The number of hydrogen-bond donors (Lipinski definition) is 1. The summed E-state index contributed by atoms with van der Waals surface area (Å²) >= 11 is 0. The first-order chi connectivity index (χ1) is 9.24. The van der Waals surface area contributed by atoms with Gasteiger partial charge in [0.2, 0.25) is 0 Å². The summed E-state index contributed by atoms with van der Waals surface area (Å²) in [5.41, 5.74) is 2.77. The van der Waals surface area contributed by atoms with Crippen LogP contribution in [0.2, 0.25) is 0 Å². The van der Waals surface area contributed by atoms with Crippen molar-refractivity contribution in [3.63, 3.8) is 0 Å². The van der Waals surface area contributed by atoms with Crippen LogP contribution in [0.1, 0.15) is 43.2 Å². The Labute approximate surface area is 118 Å². The van der Waals surface area contributed by atoms with E-state index >= 15 is 0 Å². The molecule has 0 amide bonds. The molecule has 1 aromatic rings. The SMILES string of the molecule is Cc1cccc(CN(C)CCNC2CCCCC2)c1. The van der Waals surface area contributed by atoms with Crippen LogP contribution < -0.4 is 5.32 Å². The van der Waals surface area contributed by atoms with Crippen LogP contribution in [-0.4, -0.2) is 31.1 Å². The lowest BCUT2D eigenvalue weighted by Gasteiger charge is -2.24. The first-order valence-electron chi connectivity index (χ1n) is 7.71. The molecule has 1 aliphatic carbocycles. The molecule has 2 rings (SSSR count). The number of nitrogens with zero attached hydrogens (tertiary/aromatic N) is 1. The van der Waals surface area contributed by atoms with Gasteiger partial charge in [-0.2, -0.15) is 0 Å². The number of likely N-dealkylation sites (N-methyl/N-ethyl adjacent to an activating group) is 1. The Morgan fingerprint density at radius 1 is 1.21 bits per heavy atom. The Kier molecular flexibility index (Phi) is 5.87. The van der Waals surface area contributed by atoms with E-state index < -0.39 is 0 Å². The molecule has 106 valence electrons. The molecule has 0 radical (unpaired) electrons. The molecule has 0 bridgehead atoms. The van der Waals surface area contributed by atoms with E-state index in [2.05, 4.69) is 48.5 Å². The molecular weight excluding hydrogens is 232 g/mol. The van der Waals surface area contributed by atoms with Crippen molar-refractivity contribution < 1.29 is 0 Å². The average molecular weight is 260 g/mol. The summed E-state index contributed by atoms with van der Waals surface area (Å²) in [6, 6.07) is 9.59. The zero-order chi connectivity index (χ0) is 13.5. The van der Waals surface area contributed by atoms with Crippen LogP contribution in [0.5, 0.6) is 0 Å². The highest BCUT2D eigenvalue weighted by Gasteiger charge is 2.12. The summed E-state index contributed by atoms with van der Waals surface area (Å²) in [7, 11) is 2.21. The second kappa shape index (κ2) is 7.66. The molecule has 0 heterocycles. The summed E-state index contributed by atoms with van der Waals surface area (Å²) in [6.45, 7) is 5.46. The lowest BCUT2D eigenvalue weighted by atomic mass is 9.95. The van der Waals surface area contributed by atoms with Crippen LogP contribution in [0.4, 0.5) is 0 Å². The molecule has 0 saturated heterocycles. The van der Waals surface area contributed by atoms with Crippen LogP contribution in [0.15, 0.2) is 24.3 Å². The Balaban J connectivity index is 1.65. The van der Waals surface area contributed by atoms with E-state index in [-0.39, 0.29) is 0 Å². The van der Waals surface area contributed by atoms with Crippen LogP contribution in [-0.2, 0) is 6.54 Å².